The second-order valence-corrected chi connectivity index (χ2v) is 4.51. The summed E-state index contributed by atoms with van der Waals surface area (Å²) in [5, 5.41) is 0.0136. The van der Waals surface area contributed by atoms with Crippen molar-refractivity contribution in [3.63, 3.8) is 0 Å². The topological polar surface area (TPSA) is 43.8 Å². The minimum absolute atomic E-state index is 0.0136. The van der Waals surface area contributed by atoms with Crippen LogP contribution in [-0.4, -0.2) is 9.55 Å². The highest BCUT2D eigenvalue weighted by molar-refractivity contribution is 6.32. The monoisotopic (exact) mass is 297 g/mol. The number of imidazole rings is 1. The molecule has 0 atom stereocenters. The molecule has 0 fully saturated rings. The van der Waals surface area contributed by atoms with Crippen molar-refractivity contribution in [3.05, 3.63) is 52.8 Å². The summed E-state index contributed by atoms with van der Waals surface area (Å²) in [6.45, 7) is 0. The first-order valence-electron chi connectivity index (χ1n) is 5.57. The summed E-state index contributed by atoms with van der Waals surface area (Å²) in [4.78, 5) is 3.88. The Balaban J connectivity index is 2.48. The number of aromatic nitrogens is 2. The fourth-order valence-corrected chi connectivity index (χ4v) is 2.30. The van der Waals surface area contributed by atoms with Crippen LogP contribution in [0.2, 0.25) is 5.02 Å². The van der Waals surface area contributed by atoms with Gasteiger partial charge in [-0.25, -0.2) is 18.2 Å². The normalized spacial score (nSPS) is 11.2. The smallest absolute Gasteiger partial charge is 0.206 e. The van der Waals surface area contributed by atoms with Gasteiger partial charge in [0.1, 0.15) is 17.0 Å². The molecule has 0 saturated heterocycles. The molecule has 0 aliphatic rings. The number of nitrogens with two attached hydrogens (primary N) is 1. The Morgan fingerprint density at radius 3 is 2.50 bits per heavy atom. The third kappa shape index (κ3) is 1.72. The number of nitrogens with zero attached hydrogens (tertiary/aromatic N) is 2. The van der Waals surface area contributed by atoms with E-state index in [0.717, 1.165) is 16.7 Å². The number of benzene rings is 2. The quantitative estimate of drug-likeness (QED) is 0.744. The third-order valence-corrected chi connectivity index (χ3v) is 3.20. The summed E-state index contributed by atoms with van der Waals surface area (Å²) >= 11 is 5.93. The molecule has 102 valence electrons. The van der Waals surface area contributed by atoms with Gasteiger partial charge < -0.3 is 5.73 Å². The fraction of sp³-hybridized carbons (Fsp3) is 0. The molecule has 7 heteroatoms. The van der Waals surface area contributed by atoms with Crippen molar-refractivity contribution in [2.75, 3.05) is 5.73 Å². The average molecular weight is 298 g/mol. The first-order valence-corrected chi connectivity index (χ1v) is 5.95. The van der Waals surface area contributed by atoms with Crippen LogP contribution < -0.4 is 5.73 Å². The van der Waals surface area contributed by atoms with Gasteiger partial charge in [0.2, 0.25) is 5.95 Å². The van der Waals surface area contributed by atoms with Gasteiger partial charge in [-0.1, -0.05) is 17.7 Å². The lowest BCUT2D eigenvalue weighted by Crippen LogP contribution is -2.05. The Bertz CT molecular complexity index is 809. The SMILES string of the molecule is Nc1nc2ccc(F)c(F)c2n1-c1c(F)cccc1Cl. The summed E-state index contributed by atoms with van der Waals surface area (Å²) in [7, 11) is 0. The van der Waals surface area contributed by atoms with Gasteiger partial charge in [0, 0.05) is 0 Å². The van der Waals surface area contributed by atoms with Gasteiger partial charge in [-0.15, -0.1) is 0 Å². The number of hydrogen-bond acceptors (Lipinski definition) is 2. The van der Waals surface area contributed by atoms with Gasteiger partial charge in [0.25, 0.3) is 0 Å². The second kappa shape index (κ2) is 4.42. The van der Waals surface area contributed by atoms with E-state index in [2.05, 4.69) is 4.98 Å². The van der Waals surface area contributed by atoms with Crippen molar-refractivity contribution in [1.29, 1.82) is 0 Å². The van der Waals surface area contributed by atoms with Crippen molar-refractivity contribution in [2.24, 2.45) is 0 Å². The zero-order valence-electron chi connectivity index (χ0n) is 9.87. The van der Waals surface area contributed by atoms with E-state index < -0.39 is 17.5 Å². The Kier molecular flexibility index (Phi) is 2.83. The van der Waals surface area contributed by atoms with Gasteiger partial charge >= 0.3 is 0 Å². The minimum atomic E-state index is -1.16. The lowest BCUT2D eigenvalue weighted by atomic mass is 10.2. The molecule has 0 bridgehead atoms. The molecule has 0 unspecified atom stereocenters. The summed E-state index contributed by atoms with van der Waals surface area (Å²) in [6.07, 6.45) is 0. The molecule has 0 spiro atoms. The summed E-state index contributed by atoms with van der Waals surface area (Å²) < 4.78 is 42.2. The fourth-order valence-electron chi connectivity index (χ4n) is 2.05. The minimum Gasteiger partial charge on any atom is -0.369 e. The van der Waals surface area contributed by atoms with E-state index in [9.17, 15) is 13.2 Å². The molecule has 0 amide bonds. The van der Waals surface area contributed by atoms with Gasteiger partial charge in [-0.2, -0.15) is 0 Å². The molecule has 3 rings (SSSR count). The van der Waals surface area contributed by atoms with E-state index in [1.54, 1.807) is 0 Å². The highest BCUT2D eigenvalue weighted by Crippen LogP contribution is 2.31. The molecule has 0 aliphatic heterocycles. The predicted octanol–water partition coefficient (Wildman–Crippen LogP) is 3.68. The summed E-state index contributed by atoms with van der Waals surface area (Å²) in [5.74, 6) is -3.14. The standard InChI is InChI=1S/C13H7ClF3N3/c14-6-2-1-3-8(16)11(6)20-12-9(19-13(20)18)5-4-7(15)10(12)17/h1-5H,(H2,18,19). The maximum Gasteiger partial charge on any atom is 0.206 e. The highest BCUT2D eigenvalue weighted by atomic mass is 35.5. The van der Waals surface area contributed by atoms with Crippen molar-refractivity contribution in [2.45, 2.75) is 0 Å². The number of halogens is 4. The largest absolute Gasteiger partial charge is 0.369 e. The number of para-hydroxylation sites is 1. The molecule has 1 aromatic heterocycles. The molecule has 2 N–H and O–H groups in total. The van der Waals surface area contributed by atoms with Gasteiger partial charge in [-0.05, 0) is 24.3 Å². The van der Waals surface area contributed by atoms with Crippen LogP contribution in [0.15, 0.2) is 30.3 Å². The predicted molar refractivity (Wildman–Crippen MR) is 70.4 cm³/mol. The Labute approximate surface area is 116 Å². The van der Waals surface area contributed by atoms with Crippen molar-refractivity contribution in [3.8, 4) is 5.69 Å². The van der Waals surface area contributed by atoms with Crippen molar-refractivity contribution < 1.29 is 13.2 Å². The first kappa shape index (κ1) is 12.8. The van der Waals surface area contributed by atoms with E-state index in [1.807, 2.05) is 0 Å². The molecular formula is C13H7ClF3N3. The maximum absolute atomic E-state index is 14.0. The van der Waals surface area contributed by atoms with E-state index in [1.165, 1.54) is 18.2 Å². The van der Waals surface area contributed by atoms with Crippen LogP contribution in [-0.2, 0) is 0 Å². The zero-order valence-corrected chi connectivity index (χ0v) is 10.6. The summed E-state index contributed by atoms with van der Waals surface area (Å²) in [5.41, 5.74) is 5.37. The molecule has 2 aromatic carbocycles. The molecule has 20 heavy (non-hydrogen) atoms. The van der Waals surface area contributed by atoms with E-state index in [-0.39, 0.29) is 27.7 Å². The molecule has 0 saturated carbocycles. The van der Waals surface area contributed by atoms with Crippen LogP contribution in [0.3, 0.4) is 0 Å². The number of nitrogen functional groups attached to an aromatic ring is 1. The maximum atomic E-state index is 14.0. The number of anilines is 1. The van der Waals surface area contributed by atoms with Crippen LogP contribution >= 0.6 is 11.6 Å². The van der Waals surface area contributed by atoms with Crippen LogP contribution in [0.5, 0.6) is 0 Å². The lowest BCUT2D eigenvalue weighted by Gasteiger charge is -2.10. The van der Waals surface area contributed by atoms with Gasteiger partial charge in [0.15, 0.2) is 11.6 Å². The van der Waals surface area contributed by atoms with E-state index in [0.29, 0.717) is 0 Å². The van der Waals surface area contributed by atoms with E-state index >= 15 is 0 Å². The molecule has 0 radical (unpaired) electrons. The number of rotatable bonds is 1. The number of hydrogen-bond donors (Lipinski definition) is 1. The lowest BCUT2D eigenvalue weighted by molar-refractivity contribution is 0.514. The highest BCUT2D eigenvalue weighted by Gasteiger charge is 2.20. The van der Waals surface area contributed by atoms with Crippen LogP contribution in [0.4, 0.5) is 19.1 Å². The number of fused-ring (bicyclic) bond motifs is 1. The summed E-state index contributed by atoms with van der Waals surface area (Å²) in [6, 6.07) is 6.15. The average Bonchev–Trinajstić information content (AvgIpc) is 2.72. The Morgan fingerprint density at radius 2 is 1.80 bits per heavy atom. The van der Waals surface area contributed by atoms with Crippen LogP contribution in [0.1, 0.15) is 0 Å². The van der Waals surface area contributed by atoms with Crippen LogP contribution in [0.25, 0.3) is 16.7 Å². The Hall–Kier alpha value is -2.21. The third-order valence-electron chi connectivity index (χ3n) is 2.90. The van der Waals surface area contributed by atoms with E-state index in [4.69, 9.17) is 17.3 Å². The second-order valence-electron chi connectivity index (χ2n) is 4.10. The molecule has 3 nitrogen and oxygen atoms in total. The van der Waals surface area contributed by atoms with Gasteiger partial charge in [-0.3, -0.25) is 4.57 Å². The molecular weight excluding hydrogens is 291 g/mol. The van der Waals surface area contributed by atoms with Crippen molar-refractivity contribution in [1.82, 2.24) is 9.55 Å². The molecule has 0 aliphatic carbocycles. The zero-order chi connectivity index (χ0) is 14.4. The molecule has 1 heterocycles. The van der Waals surface area contributed by atoms with Crippen LogP contribution in [0, 0.1) is 17.5 Å². The molecule has 3 aromatic rings. The first-order chi connectivity index (χ1) is 9.50. The van der Waals surface area contributed by atoms with Crippen molar-refractivity contribution >= 4 is 28.6 Å². The van der Waals surface area contributed by atoms with Gasteiger partial charge in [0.05, 0.1) is 10.5 Å². The Morgan fingerprint density at radius 1 is 1.05 bits per heavy atom.